The molecule has 0 heterocycles. The summed E-state index contributed by atoms with van der Waals surface area (Å²) in [5, 5.41) is 2.72. The number of nitrogens with one attached hydrogen (secondary N) is 1. The van der Waals surface area contributed by atoms with Gasteiger partial charge in [-0.05, 0) is 43.5 Å². The van der Waals surface area contributed by atoms with Gasteiger partial charge in [0.15, 0.2) is 0 Å². The van der Waals surface area contributed by atoms with Crippen LogP contribution >= 0.6 is 0 Å². The van der Waals surface area contributed by atoms with Gasteiger partial charge in [0.25, 0.3) is 0 Å². The normalized spacial score (nSPS) is 12.3. The van der Waals surface area contributed by atoms with Crippen molar-refractivity contribution in [3.63, 3.8) is 0 Å². The zero-order valence-corrected chi connectivity index (χ0v) is 11.3. The van der Waals surface area contributed by atoms with E-state index in [4.69, 9.17) is 10.5 Å². The summed E-state index contributed by atoms with van der Waals surface area (Å²) in [5.41, 5.74) is 6.20. The maximum absolute atomic E-state index is 11.4. The van der Waals surface area contributed by atoms with Crippen molar-refractivity contribution in [2.24, 2.45) is 11.7 Å². The Morgan fingerprint density at radius 3 is 2.39 bits per heavy atom. The van der Waals surface area contributed by atoms with Gasteiger partial charge in [-0.25, -0.2) is 0 Å². The molecule has 0 aliphatic rings. The molecule has 0 radical (unpaired) electrons. The van der Waals surface area contributed by atoms with Crippen molar-refractivity contribution in [3.8, 4) is 5.75 Å². The molecule has 0 spiro atoms. The van der Waals surface area contributed by atoms with Gasteiger partial charge >= 0.3 is 0 Å². The Bertz CT molecular complexity index is 372. The number of carbonyl (C=O) groups excluding carboxylic acids is 1. The van der Waals surface area contributed by atoms with Crippen LogP contribution in [0.5, 0.6) is 5.75 Å². The minimum atomic E-state index is -0.507. The van der Waals surface area contributed by atoms with Crippen molar-refractivity contribution in [2.45, 2.75) is 33.2 Å². The summed E-state index contributed by atoms with van der Waals surface area (Å²) in [7, 11) is 0. The Morgan fingerprint density at radius 2 is 1.89 bits per heavy atom. The lowest BCUT2D eigenvalue weighted by Gasteiger charge is -2.10. The van der Waals surface area contributed by atoms with Gasteiger partial charge in [0, 0.05) is 5.69 Å². The molecule has 0 aliphatic carbocycles. The van der Waals surface area contributed by atoms with Crippen LogP contribution in [-0.4, -0.2) is 18.6 Å². The SMILES string of the molecule is CC(C)CCOc1ccc(NC(=O)C(C)N)cc1. The number of benzene rings is 1. The average Bonchev–Trinajstić information content (AvgIpc) is 2.30. The number of amides is 1. The highest BCUT2D eigenvalue weighted by Gasteiger charge is 2.07. The first-order valence-electron chi connectivity index (χ1n) is 6.28. The molecule has 3 N–H and O–H groups in total. The van der Waals surface area contributed by atoms with Gasteiger partial charge in [-0.3, -0.25) is 4.79 Å². The van der Waals surface area contributed by atoms with Gasteiger partial charge in [-0.15, -0.1) is 0 Å². The molecule has 100 valence electrons. The third-order valence-corrected chi connectivity index (χ3v) is 2.50. The molecule has 1 atom stereocenters. The first kappa shape index (κ1) is 14.5. The molecule has 0 saturated carbocycles. The third-order valence-electron chi connectivity index (χ3n) is 2.50. The molecule has 0 fully saturated rings. The lowest BCUT2D eigenvalue weighted by Crippen LogP contribution is -2.32. The summed E-state index contributed by atoms with van der Waals surface area (Å²) < 4.78 is 5.59. The molecular weight excluding hydrogens is 228 g/mol. The van der Waals surface area contributed by atoms with Crippen LogP contribution in [0, 0.1) is 5.92 Å². The molecule has 1 aromatic carbocycles. The predicted octanol–water partition coefficient (Wildman–Crippen LogP) is 2.40. The van der Waals surface area contributed by atoms with Crippen molar-refractivity contribution < 1.29 is 9.53 Å². The summed E-state index contributed by atoms with van der Waals surface area (Å²) in [5.74, 6) is 1.26. The highest BCUT2D eigenvalue weighted by Crippen LogP contribution is 2.16. The molecule has 1 rings (SSSR count). The first-order valence-corrected chi connectivity index (χ1v) is 6.28. The predicted molar refractivity (Wildman–Crippen MR) is 73.7 cm³/mol. The Hall–Kier alpha value is -1.55. The molecule has 0 aromatic heterocycles. The molecule has 0 bridgehead atoms. The van der Waals surface area contributed by atoms with E-state index in [1.807, 2.05) is 24.3 Å². The fourth-order valence-corrected chi connectivity index (χ4v) is 1.30. The highest BCUT2D eigenvalue weighted by molar-refractivity contribution is 5.94. The number of hydrogen-bond acceptors (Lipinski definition) is 3. The van der Waals surface area contributed by atoms with E-state index in [9.17, 15) is 4.79 Å². The third kappa shape index (κ3) is 5.19. The minimum absolute atomic E-state index is 0.191. The van der Waals surface area contributed by atoms with Crippen molar-refractivity contribution in [3.05, 3.63) is 24.3 Å². The van der Waals surface area contributed by atoms with E-state index in [0.717, 1.165) is 17.9 Å². The average molecular weight is 250 g/mol. The van der Waals surface area contributed by atoms with Gasteiger partial charge in [0.1, 0.15) is 5.75 Å². The van der Waals surface area contributed by atoms with Gasteiger partial charge in [0.2, 0.25) is 5.91 Å². The van der Waals surface area contributed by atoms with E-state index in [0.29, 0.717) is 12.5 Å². The van der Waals surface area contributed by atoms with E-state index < -0.39 is 6.04 Å². The largest absolute Gasteiger partial charge is 0.494 e. The van der Waals surface area contributed by atoms with Crippen molar-refractivity contribution in [1.29, 1.82) is 0 Å². The maximum atomic E-state index is 11.4. The molecule has 1 aromatic rings. The summed E-state index contributed by atoms with van der Waals surface area (Å²) >= 11 is 0. The summed E-state index contributed by atoms with van der Waals surface area (Å²) in [6, 6.07) is 6.80. The van der Waals surface area contributed by atoms with Crippen LogP contribution in [0.15, 0.2) is 24.3 Å². The molecular formula is C14H22N2O2. The van der Waals surface area contributed by atoms with E-state index in [1.165, 1.54) is 0 Å². The van der Waals surface area contributed by atoms with Crippen LogP contribution in [-0.2, 0) is 4.79 Å². The van der Waals surface area contributed by atoms with E-state index in [2.05, 4.69) is 19.2 Å². The van der Waals surface area contributed by atoms with E-state index in [-0.39, 0.29) is 5.91 Å². The lowest BCUT2D eigenvalue weighted by atomic mass is 10.1. The maximum Gasteiger partial charge on any atom is 0.240 e. The topological polar surface area (TPSA) is 64.3 Å². The second-order valence-electron chi connectivity index (χ2n) is 4.83. The zero-order chi connectivity index (χ0) is 13.5. The summed E-state index contributed by atoms with van der Waals surface area (Å²) in [4.78, 5) is 11.4. The van der Waals surface area contributed by atoms with Crippen LogP contribution in [0.25, 0.3) is 0 Å². The van der Waals surface area contributed by atoms with Crippen molar-refractivity contribution >= 4 is 11.6 Å². The van der Waals surface area contributed by atoms with E-state index >= 15 is 0 Å². The fraction of sp³-hybridized carbons (Fsp3) is 0.500. The highest BCUT2D eigenvalue weighted by atomic mass is 16.5. The van der Waals surface area contributed by atoms with Crippen molar-refractivity contribution in [2.75, 3.05) is 11.9 Å². The Labute approximate surface area is 109 Å². The number of rotatable bonds is 6. The van der Waals surface area contributed by atoms with Gasteiger partial charge in [0.05, 0.1) is 12.6 Å². The minimum Gasteiger partial charge on any atom is -0.494 e. The Kier molecular flexibility index (Phi) is 5.65. The van der Waals surface area contributed by atoms with Crippen LogP contribution in [0.2, 0.25) is 0 Å². The molecule has 4 heteroatoms. The second kappa shape index (κ2) is 7.01. The Balaban J connectivity index is 2.45. The quantitative estimate of drug-likeness (QED) is 0.814. The smallest absolute Gasteiger partial charge is 0.240 e. The summed E-state index contributed by atoms with van der Waals surface area (Å²) in [6.07, 6.45) is 1.03. The number of carbonyl (C=O) groups is 1. The molecule has 1 unspecified atom stereocenters. The molecule has 18 heavy (non-hydrogen) atoms. The Morgan fingerprint density at radius 1 is 1.28 bits per heavy atom. The molecule has 0 saturated heterocycles. The van der Waals surface area contributed by atoms with Gasteiger partial charge in [-0.1, -0.05) is 13.8 Å². The summed E-state index contributed by atoms with van der Waals surface area (Å²) in [6.45, 7) is 6.69. The van der Waals surface area contributed by atoms with Gasteiger partial charge in [-0.2, -0.15) is 0 Å². The van der Waals surface area contributed by atoms with Crippen molar-refractivity contribution in [1.82, 2.24) is 0 Å². The zero-order valence-electron chi connectivity index (χ0n) is 11.3. The van der Waals surface area contributed by atoms with Crippen LogP contribution < -0.4 is 15.8 Å². The number of hydrogen-bond donors (Lipinski definition) is 2. The fourth-order valence-electron chi connectivity index (χ4n) is 1.30. The number of ether oxygens (including phenoxy) is 1. The standard InChI is InChI=1S/C14H22N2O2/c1-10(2)8-9-18-13-6-4-12(5-7-13)16-14(17)11(3)15/h4-7,10-11H,8-9,15H2,1-3H3,(H,16,17). The first-order chi connectivity index (χ1) is 8.49. The molecule has 4 nitrogen and oxygen atoms in total. The van der Waals surface area contributed by atoms with E-state index in [1.54, 1.807) is 6.92 Å². The van der Waals surface area contributed by atoms with Crippen LogP contribution in [0.3, 0.4) is 0 Å². The molecule has 0 aliphatic heterocycles. The van der Waals surface area contributed by atoms with Crippen LogP contribution in [0.4, 0.5) is 5.69 Å². The monoisotopic (exact) mass is 250 g/mol. The number of anilines is 1. The molecule has 1 amide bonds. The number of nitrogens with two attached hydrogens (primary N) is 1. The lowest BCUT2D eigenvalue weighted by molar-refractivity contribution is -0.117. The van der Waals surface area contributed by atoms with Crippen LogP contribution in [0.1, 0.15) is 27.2 Å². The second-order valence-corrected chi connectivity index (χ2v) is 4.83. The van der Waals surface area contributed by atoms with Gasteiger partial charge < -0.3 is 15.8 Å².